The van der Waals surface area contributed by atoms with Crippen LogP contribution >= 0.6 is 23.2 Å². The van der Waals surface area contributed by atoms with E-state index in [-0.39, 0.29) is 23.9 Å². The molecule has 202 valence electrons. The molecule has 0 unspecified atom stereocenters. The van der Waals surface area contributed by atoms with Gasteiger partial charge in [0.15, 0.2) is 0 Å². The number of nitrogens with zero attached hydrogens (tertiary/aromatic N) is 4. The van der Waals surface area contributed by atoms with E-state index in [2.05, 4.69) is 4.98 Å². The molecule has 0 spiro atoms. The lowest BCUT2D eigenvalue weighted by Crippen LogP contribution is -2.42. The van der Waals surface area contributed by atoms with Crippen LogP contribution in [0.5, 0.6) is 0 Å². The average Bonchev–Trinajstić information content (AvgIpc) is 2.87. The van der Waals surface area contributed by atoms with E-state index in [1.54, 1.807) is 37.4 Å². The van der Waals surface area contributed by atoms with Crippen molar-refractivity contribution in [2.24, 2.45) is 5.14 Å². The standard InChI is InChI=1S/C25H27Cl2N5O5S/c1-30(12-16-2-4-20(26)21(27)10-16)23(33)13-32-15-29-22-5-3-18(11-19(22)25(32)35)17-6-8-31(9-7-17)24(34)14-38(28,36)37/h2-5,10-11,15,17H,6-9,12-14H2,1H3,(H2,28,36,37). The molecular weight excluding hydrogens is 553 g/mol. The fourth-order valence-corrected chi connectivity index (χ4v) is 5.38. The fourth-order valence-electron chi connectivity index (χ4n) is 4.54. The minimum absolute atomic E-state index is 0.0879. The topological polar surface area (TPSA) is 136 Å². The molecule has 2 N–H and O–H groups in total. The minimum Gasteiger partial charge on any atom is -0.342 e. The van der Waals surface area contributed by atoms with Crippen LogP contribution in [0.3, 0.4) is 0 Å². The second kappa shape index (κ2) is 11.4. The first-order valence-electron chi connectivity index (χ1n) is 11.9. The van der Waals surface area contributed by atoms with Gasteiger partial charge in [0.25, 0.3) is 5.56 Å². The van der Waals surface area contributed by atoms with Crippen LogP contribution in [-0.4, -0.2) is 65.5 Å². The van der Waals surface area contributed by atoms with Crippen LogP contribution in [0.1, 0.15) is 29.9 Å². The number of sulfonamides is 1. The summed E-state index contributed by atoms with van der Waals surface area (Å²) in [5.41, 5.74) is 1.93. The first-order chi connectivity index (χ1) is 17.9. The fraction of sp³-hybridized carbons (Fsp3) is 0.360. The van der Waals surface area contributed by atoms with Crippen molar-refractivity contribution in [1.82, 2.24) is 19.4 Å². The Bertz CT molecular complexity index is 1550. The molecule has 10 nitrogen and oxygen atoms in total. The van der Waals surface area contributed by atoms with E-state index in [4.69, 9.17) is 28.3 Å². The van der Waals surface area contributed by atoms with Gasteiger partial charge in [-0.05, 0) is 54.2 Å². The molecule has 1 saturated heterocycles. The number of piperidine rings is 1. The quantitative estimate of drug-likeness (QED) is 0.456. The molecule has 2 aromatic carbocycles. The average molecular weight is 580 g/mol. The molecule has 38 heavy (non-hydrogen) atoms. The van der Waals surface area contributed by atoms with Gasteiger partial charge in [-0.1, -0.05) is 35.3 Å². The Labute approximate surface area is 230 Å². The maximum atomic E-state index is 13.2. The lowest BCUT2D eigenvalue weighted by atomic mass is 9.89. The zero-order valence-corrected chi connectivity index (χ0v) is 23.0. The maximum absolute atomic E-state index is 13.2. The van der Waals surface area contributed by atoms with Gasteiger partial charge in [-0.3, -0.25) is 19.0 Å². The Morgan fingerprint density at radius 1 is 1.11 bits per heavy atom. The van der Waals surface area contributed by atoms with Crippen LogP contribution < -0.4 is 10.7 Å². The number of nitrogens with two attached hydrogens (primary N) is 1. The number of benzene rings is 2. The number of likely N-dealkylation sites (N-methyl/N-ethyl adjacent to an activating group) is 1. The summed E-state index contributed by atoms with van der Waals surface area (Å²) in [6.45, 7) is 0.921. The number of hydrogen-bond acceptors (Lipinski definition) is 6. The van der Waals surface area contributed by atoms with Crippen LogP contribution in [0.25, 0.3) is 10.9 Å². The van der Waals surface area contributed by atoms with E-state index in [1.165, 1.54) is 20.7 Å². The summed E-state index contributed by atoms with van der Waals surface area (Å²) in [7, 11) is -2.24. The summed E-state index contributed by atoms with van der Waals surface area (Å²) in [6, 6.07) is 10.6. The molecule has 0 aliphatic carbocycles. The van der Waals surface area contributed by atoms with Crippen LogP contribution in [-0.2, 0) is 32.7 Å². The third kappa shape index (κ3) is 6.71. The second-order valence-corrected chi connectivity index (χ2v) is 11.8. The van der Waals surface area contributed by atoms with Gasteiger partial charge in [0.2, 0.25) is 21.8 Å². The number of halogens is 2. The van der Waals surface area contributed by atoms with Crippen molar-refractivity contribution >= 4 is 55.9 Å². The SMILES string of the molecule is CN(Cc1ccc(Cl)c(Cl)c1)C(=O)Cn1cnc2ccc(C3CCN(C(=O)CS(N)(=O)=O)CC3)cc2c1=O. The molecule has 0 atom stereocenters. The van der Waals surface area contributed by atoms with Crippen LogP contribution in [0.4, 0.5) is 0 Å². The van der Waals surface area contributed by atoms with E-state index in [0.29, 0.717) is 53.4 Å². The van der Waals surface area contributed by atoms with Crippen molar-refractivity contribution in [3.8, 4) is 0 Å². The zero-order valence-electron chi connectivity index (χ0n) is 20.6. The number of rotatable bonds is 7. The third-order valence-electron chi connectivity index (χ3n) is 6.63. The number of carbonyl (C=O) groups excluding carboxylic acids is 2. The maximum Gasteiger partial charge on any atom is 0.261 e. The monoisotopic (exact) mass is 579 g/mol. The number of carbonyl (C=O) groups is 2. The molecule has 1 fully saturated rings. The van der Waals surface area contributed by atoms with E-state index in [1.807, 2.05) is 6.07 Å². The van der Waals surface area contributed by atoms with Gasteiger partial charge in [0.1, 0.15) is 12.3 Å². The molecule has 2 amide bonds. The first-order valence-corrected chi connectivity index (χ1v) is 14.3. The minimum atomic E-state index is -3.88. The predicted molar refractivity (Wildman–Crippen MR) is 145 cm³/mol. The molecule has 1 aliphatic rings. The van der Waals surface area contributed by atoms with Gasteiger partial charge in [0.05, 0.1) is 27.3 Å². The molecule has 13 heteroatoms. The largest absolute Gasteiger partial charge is 0.342 e. The molecule has 3 aromatic rings. The lowest BCUT2D eigenvalue weighted by molar-refractivity contribution is -0.131. The Morgan fingerprint density at radius 3 is 2.47 bits per heavy atom. The van der Waals surface area contributed by atoms with Gasteiger partial charge in [-0.25, -0.2) is 18.5 Å². The third-order valence-corrected chi connectivity index (χ3v) is 8.02. The number of hydrogen-bond donors (Lipinski definition) is 1. The normalized spacial score (nSPS) is 14.6. The van der Waals surface area contributed by atoms with Gasteiger partial charge in [0, 0.05) is 26.7 Å². The highest BCUT2D eigenvalue weighted by molar-refractivity contribution is 7.89. The molecule has 1 aliphatic heterocycles. The molecule has 2 heterocycles. The molecule has 1 aromatic heterocycles. The van der Waals surface area contributed by atoms with Crippen molar-refractivity contribution in [2.75, 3.05) is 25.9 Å². The summed E-state index contributed by atoms with van der Waals surface area (Å²) in [6.07, 6.45) is 2.60. The summed E-state index contributed by atoms with van der Waals surface area (Å²) >= 11 is 12.0. The van der Waals surface area contributed by atoms with Crippen molar-refractivity contribution in [1.29, 1.82) is 0 Å². The highest BCUT2D eigenvalue weighted by atomic mass is 35.5. The van der Waals surface area contributed by atoms with E-state index >= 15 is 0 Å². The van der Waals surface area contributed by atoms with E-state index < -0.39 is 21.7 Å². The molecule has 0 bridgehead atoms. The zero-order chi connectivity index (χ0) is 27.6. The van der Waals surface area contributed by atoms with E-state index in [0.717, 1.165) is 11.1 Å². The van der Waals surface area contributed by atoms with Crippen molar-refractivity contribution in [3.63, 3.8) is 0 Å². The van der Waals surface area contributed by atoms with E-state index in [9.17, 15) is 22.8 Å². The number of amides is 2. The summed E-state index contributed by atoms with van der Waals surface area (Å²) in [5, 5.41) is 6.22. The molecular formula is C25H27Cl2N5O5S. The Morgan fingerprint density at radius 2 is 1.82 bits per heavy atom. The summed E-state index contributed by atoms with van der Waals surface area (Å²) < 4.78 is 23.7. The van der Waals surface area contributed by atoms with Crippen molar-refractivity contribution in [3.05, 3.63) is 74.3 Å². The summed E-state index contributed by atoms with van der Waals surface area (Å²) in [4.78, 5) is 45.6. The highest BCUT2D eigenvalue weighted by Crippen LogP contribution is 2.29. The van der Waals surface area contributed by atoms with Gasteiger partial charge < -0.3 is 9.80 Å². The highest BCUT2D eigenvalue weighted by Gasteiger charge is 2.26. The molecule has 0 radical (unpaired) electrons. The van der Waals surface area contributed by atoms with Gasteiger partial charge >= 0.3 is 0 Å². The van der Waals surface area contributed by atoms with Crippen LogP contribution in [0, 0.1) is 0 Å². The molecule has 4 rings (SSSR count). The Balaban J connectivity index is 1.45. The van der Waals surface area contributed by atoms with Crippen molar-refractivity contribution < 1.29 is 18.0 Å². The van der Waals surface area contributed by atoms with Crippen LogP contribution in [0.15, 0.2) is 47.5 Å². The summed E-state index contributed by atoms with van der Waals surface area (Å²) in [5.74, 6) is -1.40. The van der Waals surface area contributed by atoms with Gasteiger partial charge in [-0.2, -0.15) is 0 Å². The second-order valence-electron chi connectivity index (χ2n) is 9.41. The number of likely N-dealkylation sites (tertiary alicyclic amines) is 1. The van der Waals surface area contributed by atoms with Crippen LogP contribution in [0.2, 0.25) is 10.0 Å². The molecule has 0 saturated carbocycles. The smallest absolute Gasteiger partial charge is 0.261 e. The Hall–Kier alpha value is -2.99. The number of primary sulfonamides is 1. The lowest BCUT2D eigenvalue weighted by Gasteiger charge is -2.32. The predicted octanol–water partition coefficient (Wildman–Crippen LogP) is 2.36. The number of fused-ring (bicyclic) bond motifs is 1. The first kappa shape index (κ1) is 28.0. The number of aromatic nitrogens is 2. The Kier molecular flexibility index (Phi) is 8.41. The van der Waals surface area contributed by atoms with Crippen molar-refractivity contribution in [2.45, 2.75) is 31.8 Å². The van der Waals surface area contributed by atoms with Gasteiger partial charge in [-0.15, -0.1) is 0 Å².